The Labute approximate surface area is 193 Å². The lowest BCUT2D eigenvalue weighted by atomic mass is 10.2. The van der Waals surface area contributed by atoms with E-state index in [0.717, 1.165) is 18.5 Å². The van der Waals surface area contributed by atoms with E-state index in [1.165, 1.54) is 12.1 Å². The maximum atomic E-state index is 10.8. The fraction of sp³-hybridized carbons (Fsp3) is 0.350. The molecule has 10 heteroatoms. The molecule has 0 fully saturated rings. The zero-order valence-electron chi connectivity index (χ0n) is 17.4. The van der Waals surface area contributed by atoms with Crippen LogP contribution in [-0.4, -0.2) is 38.8 Å². The Balaban J connectivity index is 0.00000450. The molecular formula is C20H27IN4O5. The average molecular weight is 530 g/mol. The highest BCUT2D eigenvalue weighted by atomic mass is 127. The summed E-state index contributed by atoms with van der Waals surface area (Å²) in [6.45, 7) is 3.15. The molecule has 0 saturated heterocycles. The van der Waals surface area contributed by atoms with Gasteiger partial charge in [-0.05, 0) is 12.0 Å². The van der Waals surface area contributed by atoms with Crippen LogP contribution in [-0.2, 0) is 6.54 Å². The van der Waals surface area contributed by atoms with Crippen molar-refractivity contribution in [3.8, 4) is 17.2 Å². The summed E-state index contributed by atoms with van der Waals surface area (Å²) in [6.07, 6.45) is 0.924. The van der Waals surface area contributed by atoms with Crippen LogP contribution in [0.4, 0.5) is 11.4 Å². The Morgan fingerprint density at radius 2 is 1.67 bits per heavy atom. The third-order valence-electron chi connectivity index (χ3n) is 4.04. The standard InChI is InChI=1S/C20H26N4O5.HI/c1-5-10-21-20(22-13-14-6-8-16(9-7-14)24(25)26)23-15-11-17(27-2)19(29-4)18(12-15)28-3;/h6-9,11-12H,5,10,13H2,1-4H3,(H2,21,22,23);1H. The van der Waals surface area contributed by atoms with Crippen LogP contribution in [0.25, 0.3) is 0 Å². The Bertz CT molecular complexity index is 834. The van der Waals surface area contributed by atoms with E-state index in [1.54, 1.807) is 45.6 Å². The van der Waals surface area contributed by atoms with Crippen molar-refractivity contribution in [3.05, 3.63) is 52.1 Å². The van der Waals surface area contributed by atoms with Gasteiger partial charge in [0.25, 0.3) is 5.69 Å². The van der Waals surface area contributed by atoms with Crippen molar-refractivity contribution in [1.29, 1.82) is 0 Å². The largest absolute Gasteiger partial charge is 0.493 e. The summed E-state index contributed by atoms with van der Waals surface area (Å²) in [7, 11) is 4.66. The van der Waals surface area contributed by atoms with E-state index in [9.17, 15) is 10.1 Å². The van der Waals surface area contributed by atoms with Gasteiger partial charge in [-0.15, -0.1) is 24.0 Å². The topological polar surface area (TPSA) is 107 Å². The van der Waals surface area contributed by atoms with Crippen molar-refractivity contribution >= 4 is 41.3 Å². The third-order valence-corrected chi connectivity index (χ3v) is 4.04. The van der Waals surface area contributed by atoms with Gasteiger partial charge in [-0.1, -0.05) is 19.1 Å². The van der Waals surface area contributed by atoms with Gasteiger partial charge in [0.1, 0.15) is 0 Å². The zero-order valence-corrected chi connectivity index (χ0v) is 19.8. The number of ether oxygens (including phenoxy) is 3. The summed E-state index contributed by atoms with van der Waals surface area (Å²) >= 11 is 0. The lowest BCUT2D eigenvalue weighted by molar-refractivity contribution is -0.384. The molecule has 0 spiro atoms. The van der Waals surface area contributed by atoms with E-state index < -0.39 is 4.92 Å². The van der Waals surface area contributed by atoms with Gasteiger partial charge < -0.3 is 24.8 Å². The molecule has 164 valence electrons. The molecule has 2 aromatic carbocycles. The number of nitrogens with zero attached hydrogens (tertiary/aromatic N) is 2. The number of hydrogen-bond acceptors (Lipinski definition) is 6. The number of non-ortho nitro benzene ring substituents is 1. The maximum Gasteiger partial charge on any atom is 0.269 e. The van der Waals surface area contributed by atoms with Crippen LogP contribution >= 0.6 is 24.0 Å². The molecule has 0 aromatic heterocycles. The van der Waals surface area contributed by atoms with E-state index >= 15 is 0 Å². The van der Waals surface area contributed by atoms with Crippen LogP contribution in [0.3, 0.4) is 0 Å². The molecule has 0 aliphatic carbocycles. The molecule has 0 aliphatic rings. The number of aliphatic imine (C=N–C) groups is 1. The van der Waals surface area contributed by atoms with Gasteiger partial charge in [0.05, 0.1) is 32.8 Å². The first-order valence-electron chi connectivity index (χ1n) is 9.11. The summed E-state index contributed by atoms with van der Waals surface area (Å²) in [5, 5.41) is 17.2. The average Bonchev–Trinajstić information content (AvgIpc) is 2.74. The SMILES string of the molecule is CCCNC(=NCc1ccc([N+](=O)[O-])cc1)Nc1cc(OC)c(OC)c(OC)c1.I. The van der Waals surface area contributed by atoms with E-state index in [1.807, 2.05) is 0 Å². The van der Waals surface area contributed by atoms with Crippen LogP contribution in [0, 0.1) is 10.1 Å². The number of nitro groups is 1. The second-order valence-electron chi connectivity index (χ2n) is 6.05. The highest BCUT2D eigenvalue weighted by Crippen LogP contribution is 2.39. The molecule has 9 nitrogen and oxygen atoms in total. The first-order valence-corrected chi connectivity index (χ1v) is 9.11. The molecule has 30 heavy (non-hydrogen) atoms. The summed E-state index contributed by atoms with van der Waals surface area (Å²) in [4.78, 5) is 14.9. The summed E-state index contributed by atoms with van der Waals surface area (Å²) in [5.74, 6) is 2.13. The van der Waals surface area contributed by atoms with Gasteiger partial charge in [-0.2, -0.15) is 0 Å². The van der Waals surface area contributed by atoms with Gasteiger partial charge >= 0.3 is 0 Å². The minimum Gasteiger partial charge on any atom is -0.493 e. The number of guanidine groups is 1. The van der Waals surface area contributed by atoms with Gasteiger partial charge in [0.15, 0.2) is 17.5 Å². The number of methoxy groups -OCH3 is 3. The molecule has 0 radical (unpaired) electrons. The first-order chi connectivity index (χ1) is 14.0. The lowest BCUT2D eigenvalue weighted by Gasteiger charge is -2.16. The molecule has 2 N–H and O–H groups in total. The monoisotopic (exact) mass is 530 g/mol. The number of hydrogen-bond donors (Lipinski definition) is 2. The van der Waals surface area contributed by atoms with Crippen LogP contribution in [0.2, 0.25) is 0 Å². The Morgan fingerprint density at radius 3 is 2.13 bits per heavy atom. The minimum absolute atomic E-state index is 0. The van der Waals surface area contributed by atoms with Crippen molar-refractivity contribution in [2.75, 3.05) is 33.2 Å². The highest BCUT2D eigenvalue weighted by molar-refractivity contribution is 14.0. The van der Waals surface area contributed by atoms with E-state index in [2.05, 4.69) is 22.5 Å². The van der Waals surface area contributed by atoms with Gasteiger partial charge in [0, 0.05) is 36.5 Å². The van der Waals surface area contributed by atoms with Crippen LogP contribution in [0.15, 0.2) is 41.4 Å². The van der Waals surface area contributed by atoms with E-state index in [0.29, 0.717) is 35.4 Å². The third kappa shape index (κ3) is 6.94. The van der Waals surface area contributed by atoms with Crippen molar-refractivity contribution in [3.63, 3.8) is 0 Å². The number of anilines is 1. The Morgan fingerprint density at radius 1 is 1.07 bits per heavy atom. The Hall–Kier alpha value is -2.76. The summed E-state index contributed by atoms with van der Waals surface area (Å²) < 4.78 is 16.1. The number of rotatable bonds is 9. The summed E-state index contributed by atoms with van der Waals surface area (Å²) in [5.41, 5.74) is 1.63. The number of halogens is 1. The fourth-order valence-corrected chi connectivity index (χ4v) is 2.57. The maximum absolute atomic E-state index is 10.8. The normalized spacial score (nSPS) is 10.6. The molecule has 0 unspecified atom stereocenters. The molecule has 2 rings (SSSR count). The highest BCUT2D eigenvalue weighted by Gasteiger charge is 2.14. The van der Waals surface area contributed by atoms with Crippen molar-refractivity contribution in [2.24, 2.45) is 4.99 Å². The van der Waals surface area contributed by atoms with Gasteiger partial charge in [0.2, 0.25) is 5.75 Å². The molecule has 0 amide bonds. The number of nitro benzene ring substituents is 1. The fourth-order valence-electron chi connectivity index (χ4n) is 2.57. The minimum atomic E-state index is -0.423. The van der Waals surface area contributed by atoms with Crippen LogP contribution in [0.1, 0.15) is 18.9 Å². The van der Waals surface area contributed by atoms with Crippen molar-refractivity contribution < 1.29 is 19.1 Å². The van der Waals surface area contributed by atoms with Gasteiger partial charge in [-0.3, -0.25) is 10.1 Å². The van der Waals surface area contributed by atoms with Crippen LogP contribution < -0.4 is 24.8 Å². The van der Waals surface area contributed by atoms with Crippen LogP contribution in [0.5, 0.6) is 17.2 Å². The predicted octanol–water partition coefficient (Wildman–Crippen LogP) is 4.21. The molecule has 0 heterocycles. The predicted molar refractivity (Wildman–Crippen MR) is 128 cm³/mol. The molecule has 0 atom stereocenters. The molecule has 0 aliphatic heterocycles. The number of benzene rings is 2. The van der Waals surface area contributed by atoms with Gasteiger partial charge in [-0.25, -0.2) is 4.99 Å². The second-order valence-corrected chi connectivity index (χ2v) is 6.05. The molecule has 2 aromatic rings. The van der Waals surface area contributed by atoms with E-state index in [-0.39, 0.29) is 29.7 Å². The lowest BCUT2D eigenvalue weighted by Crippen LogP contribution is -2.31. The smallest absolute Gasteiger partial charge is 0.269 e. The summed E-state index contributed by atoms with van der Waals surface area (Å²) in [6, 6.07) is 9.90. The molecule has 0 saturated carbocycles. The van der Waals surface area contributed by atoms with Crippen molar-refractivity contribution in [1.82, 2.24) is 5.32 Å². The Kier molecular flexibility index (Phi) is 10.7. The quantitative estimate of drug-likeness (QED) is 0.165. The first kappa shape index (κ1) is 25.3. The number of nitrogens with one attached hydrogen (secondary N) is 2. The molecular weight excluding hydrogens is 503 g/mol. The zero-order chi connectivity index (χ0) is 21.2. The molecule has 0 bridgehead atoms. The van der Waals surface area contributed by atoms with Crippen molar-refractivity contribution in [2.45, 2.75) is 19.9 Å². The second kappa shape index (κ2) is 12.7. The van der Waals surface area contributed by atoms with E-state index in [4.69, 9.17) is 14.2 Å².